The lowest BCUT2D eigenvalue weighted by atomic mass is 10.3. The highest BCUT2D eigenvalue weighted by molar-refractivity contribution is 5.75. The molecule has 0 N–H and O–H groups in total. The van der Waals surface area contributed by atoms with Crippen LogP contribution in [0.25, 0.3) is 0 Å². The van der Waals surface area contributed by atoms with Crippen LogP contribution in [0.5, 0.6) is 0 Å². The summed E-state index contributed by atoms with van der Waals surface area (Å²) < 4.78 is 0. The molecule has 4 nitrogen and oxygen atoms in total. The highest BCUT2D eigenvalue weighted by Crippen LogP contribution is 2.09. The first-order valence-electron chi connectivity index (χ1n) is 4.76. The Hall–Kier alpha value is -1.45. The van der Waals surface area contributed by atoms with Gasteiger partial charge in [0.15, 0.2) is 6.29 Å². The highest BCUT2D eigenvalue weighted by Gasteiger charge is 2.06. The lowest BCUT2D eigenvalue weighted by molar-refractivity contribution is 0.112. The van der Waals surface area contributed by atoms with E-state index in [0.29, 0.717) is 11.5 Å². The van der Waals surface area contributed by atoms with Gasteiger partial charge >= 0.3 is 0 Å². The van der Waals surface area contributed by atoms with E-state index in [-0.39, 0.29) is 0 Å². The van der Waals surface area contributed by atoms with E-state index in [1.807, 2.05) is 11.8 Å². The molecule has 1 heterocycles. The second kappa shape index (κ2) is 4.69. The molecule has 1 rings (SSSR count). The molecule has 0 saturated heterocycles. The van der Waals surface area contributed by atoms with Crippen LogP contribution >= 0.6 is 0 Å². The summed E-state index contributed by atoms with van der Waals surface area (Å²) in [6, 6.07) is 0. The fourth-order valence-electron chi connectivity index (χ4n) is 1.24. The van der Waals surface area contributed by atoms with Crippen LogP contribution < -0.4 is 4.90 Å². The molecule has 0 aromatic carbocycles. The third kappa shape index (κ3) is 2.07. The zero-order valence-electron chi connectivity index (χ0n) is 8.82. The normalized spacial score (nSPS) is 9.93. The average Bonchev–Trinajstić information content (AvgIpc) is 2.20. The molecule has 0 atom stereocenters. The minimum absolute atomic E-state index is 0.556. The van der Waals surface area contributed by atoms with Gasteiger partial charge in [-0.1, -0.05) is 0 Å². The monoisotopic (exact) mass is 193 g/mol. The van der Waals surface area contributed by atoms with E-state index in [1.165, 1.54) is 0 Å². The van der Waals surface area contributed by atoms with Gasteiger partial charge in [0, 0.05) is 19.3 Å². The van der Waals surface area contributed by atoms with Crippen molar-refractivity contribution in [1.82, 2.24) is 9.97 Å². The van der Waals surface area contributed by atoms with Crippen molar-refractivity contribution in [2.75, 3.05) is 18.0 Å². The second-order valence-corrected chi connectivity index (χ2v) is 3.00. The molecular formula is C10H15N3O. The fourth-order valence-corrected chi connectivity index (χ4v) is 1.24. The van der Waals surface area contributed by atoms with Gasteiger partial charge in [0.2, 0.25) is 5.95 Å². The zero-order chi connectivity index (χ0) is 10.6. The van der Waals surface area contributed by atoms with E-state index in [9.17, 15) is 4.79 Å². The zero-order valence-corrected chi connectivity index (χ0v) is 8.82. The number of carbonyl (C=O) groups is 1. The van der Waals surface area contributed by atoms with Crippen LogP contribution in [0.15, 0.2) is 6.20 Å². The Balaban J connectivity index is 3.00. The molecular weight excluding hydrogens is 178 g/mol. The summed E-state index contributed by atoms with van der Waals surface area (Å²) in [6.07, 6.45) is 2.35. The summed E-state index contributed by atoms with van der Waals surface area (Å²) in [6.45, 7) is 7.66. The van der Waals surface area contributed by atoms with Gasteiger partial charge in [-0.2, -0.15) is 0 Å². The van der Waals surface area contributed by atoms with Crippen molar-refractivity contribution >= 4 is 12.2 Å². The fraction of sp³-hybridized carbons (Fsp3) is 0.500. The minimum atomic E-state index is 0.556. The van der Waals surface area contributed by atoms with E-state index in [0.717, 1.165) is 25.1 Å². The van der Waals surface area contributed by atoms with Crippen molar-refractivity contribution in [1.29, 1.82) is 0 Å². The maximum absolute atomic E-state index is 10.6. The van der Waals surface area contributed by atoms with E-state index in [2.05, 4.69) is 23.8 Å². The van der Waals surface area contributed by atoms with Crippen LogP contribution in [0.3, 0.4) is 0 Å². The Labute approximate surface area is 84.0 Å². The molecule has 0 aliphatic carbocycles. The Morgan fingerprint density at radius 1 is 1.43 bits per heavy atom. The molecule has 0 spiro atoms. The first kappa shape index (κ1) is 10.6. The summed E-state index contributed by atoms with van der Waals surface area (Å²) in [5.41, 5.74) is 1.29. The minimum Gasteiger partial charge on any atom is -0.341 e. The van der Waals surface area contributed by atoms with Crippen LogP contribution in [0.4, 0.5) is 5.95 Å². The highest BCUT2D eigenvalue weighted by atomic mass is 16.1. The summed E-state index contributed by atoms with van der Waals surface area (Å²) in [5.74, 6) is 0.693. The van der Waals surface area contributed by atoms with Gasteiger partial charge in [-0.3, -0.25) is 4.79 Å². The number of aromatic nitrogens is 2. The van der Waals surface area contributed by atoms with Crippen molar-refractivity contribution in [3.63, 3.8) is 0 Å². The van der Waals surface area contributed by atoms with Crippen LogP contribution in [0.1, 0.15) is 29.9 Å². The standard InChI is InChI=1S/C10H15N3O/c1-4-13(5-2)10-11-6-9(7-14)8(3)12-10/h6-7H,4-5H2,1-3H3. The Morgan fingerprint density at radius 3 is 2.50 bits per heavy atom. The van der Waals surface area contributed by atoms with E-state index < -0.39 is 0 Å². The van der Waals surface area contributed by atoms with Crippen molar-refractivity contribution < 1.29 is 4.79 Å². The van der Waals surface area contributed by atoms with Gasteiger partial charge in [-0.05, 0) is 20.8 Å². The average molecular weight is 193 g/mol. The molecule has 0 radical (unpaired) electrons. The van der Waals surface area contributed by atoms with Gasteiger partial charge < -0.3 is 4.90 Å². The number of hydrogen-bond donors (Lipinski definition) is 0. The molecule has 1 aromatic rings. The lowest BCUT2D eigenvalue weighted by Crippen LogP contribution is -2.24. The Bertz CT molecular complexity index is 321. The quantitative estimate of drug-likeness (QED) is 0.679. The van der Waals surface area contributed by atoms with Crippen LogP contribution in [0.2, 0.25) is 0 Å². The maximum Gasteiger partial charge on any atom is 0.225 e. The third-order valence-electron chi connectivity index (χ3n) is 2.18. The van der Waals surface area contributed by atoms with E-state index in [1.54, 1.807) is 6.20 Å². The number of hydrogen-bond acceptors (Lipinski definition) is 4. The van der Waals surface area contributed by atoms with Crippen molar-refractivity contribution in [2.24, 2.45) is 0 Å². The predicted molar refractivity (Wildman–Crippen MR) is 55.7 cm³/mol. The second-order valence-electron chi connectivity index (χ2n) is 3.00. The molecule has 0 fully saturated rings. The molecule has 4 heteroatoms. The number of rotatable bonds is 4. The Morgan fingerprint density at radius 2 is 2.07 bits per heavy atom. The van der Waals surface area contributed by atoms with Crippen molar-refractivity contribution in [3.8, 4) is 0 Å². The first-order valence-corrected chi connectivity index (χ1v) is 4.76. The molecule has 76 valence electrons. The summed E-state index contributed by atoms with van der Waals surface area (Å²) in [7, 11) is 0. The number of nitrogens with zero attached hydrogens (tertiary/aromatic N) is 3. The van der Waals surface area contributed by atoms with E-state index in [4.69, 9.17) is 0 Å². The lowest BCUT2D eigenvalue weighted by Gasteiger charge is -2.18. The van der Waals surface area contributed by atoms with Crippen LogP contribution in [-0.2, 0) is 0 Å². The first-order chi connectivity index (χ1) is 6.72. The number of carbonyl (C=O) groups excluding carboxylic acids is 1. The Kier molecular flexibility index (Phi) is 3.56. The smallest absolute Gasteiger partial charge is 0.225 e. The van der Waals surface area contributed by atoms with Crippen LogP contribution in [0, 0.1) is 6.92 Å². The van der Waals surface area contributed by atoms with E-state index >= 15 is 0 Å². The number of aldehydes is 1. The molecule has 0 aliphatic rings. The van der Waals surface area contributed by atoms with Crippen molar-refractivity contribution in [3.05, 3.63) is 17.5 Å². The summed E-state index contributed by atoms with van der Waals surface area (Å²) in [5, 5.41) is 0. The van der Waals surface area contributed by atoms with Crippen molar-refractivity contribution in [2.45, 2.75) is 20.8 Å². The third-order valence-corrected chi connectivity index (χ3v) is 2.18. The number of anilines is 1. The topological polar surface area (TPSA) is 46.1 Å². The molecule has 1 aromatic heterocycles. The van der Waals surface area contributed by atoms with Crippen LogP contribution in [-0.4, -0.2) is 29.3 Å². The maximum atomic E-state index is 10.6. The largest absolute Gasteiger partial charge is 0.341 e. The SMILES string of the molecule is CCN(CC)c1ncc(C=O)c(C)n1. The predicted octanol–water partition coefficient (Wildman–Crippen LogP) is 1.44. The molecule has 0 amide bonds. The van der Waals surface area contributed by atoms with Gasteiger partial charge in [-0.25, -0.2) is 9.97 Å². The van der Waals surface area contributed by atoms with Gasteiger partial charge in [0.1, 0.15) is 0 Å². The molecule has 0 saturated carbocycles. The van der Waals surface area contributed by atoms with Gasteiger partial charge in [0.25, 0.3) is 0 Å². The number of aryl methyl sites for hydroxylation is 1. The molecule has 0 aliphatic heterocycles. The molecule has 14 heavy (non-hydrogen) atoms. The molecule has 0 unspecified atom stereocenters. The van der Waals surface area contributed by atoms with Gasteiger partial charge in [0.05, 0.1) is 11.3 Å². The van der Waals surface area contributed by atoms with Gasteiger partial charge in [-0.15, -0.1) is 0 Å². The summed E-state index contributed by atoms with van der Waals surface area (Å²) in [4.78, 5) is 21.0. The molecule has 0 bridgehead atoms. The summed E-state index contributed by atoms with van der Waals surface area (Å²) >= 11 is 0.